The molecule has 1 atom stereocenters. The zero-order valence-corrected chi connectivity index (χ0v) is 16.4. The topological polar surface area (TPSA) is 68.3 Å². The van der Waals surface area contributed by atoms with Crippen LogP contribution in [0, 0.1) is 5.92 Å². The van der Waals surface area contributed by atoms with Crippen molar-refractivity contribution in [3.8, 4) is 0 Å². The molecule has 1 N–H and O–H groups in total. The summed E-state index contributed by atoms with van der Waals surface area (Å²) in [5, 5.41) is 3.52. The van der Waals surface area contributed by atoms with Crippen LogP contribution in [0.2, 0.25) is 5.15 Å². The Balaban J connectivity index is 1.94. The van der Waals surface area contributed by atoms with Gasteiger partial charge in [-0.25, -0.2) is 9.78 Å². The molecule has 2 aromatic heterocycles. The molecule has 2 heterocycles. The predicted octanol–water partition coefficient (Wildman–Crippen LogP) is 4.74. The van der Waals surface area contributed by atoms with Crippen LogP contribution in [0.4, 0.5) is 5.00 Å². The highest BCUT2D eigenvalue weighted by Gasteiger charge is 2.29. The van der Waals surface area contributed by atoms with Crippen molar-refractivity contribution in [3.63, 3.8) is 0 Å². The van der Waals surface area contributed by atoms with Crippen LogP contribution in [-0.2, 0) is 17.6 Å². The fourth-order valence-electron chi connectivity index (χ4n) is 3.05. The van der Waals surface area contributed by atoms with Gasteiger partial charge in [-0.15, -0.1) is 11.3 Å². The summed E-state index contributed by atoms with van der Waals surface area (Å²) in [6.45, 7) is 4.51. The zero-order chi connectivity index (χ0) is 18.7. The monoisotopic (exact) mass is 392 g/mol. The Hall–Kier alpha value is -1.92. The summed E-state index contributed by atoms with van der Waals surface area (Å²) in [5.74, 6) is -0.178. The number of esters is 1. The average molecular weight is 393 g/mol. The number of halogens is 1. The van der Waals surface area contributed by atoms with Gasteiger partial charge in [0.25, 0.3) is 5.91 Å². The van der Waals surface area contributed by atoms with Gasteiger partial charge in [-0.2, -0.15) is 0 Å². The molecule has 0 bridgehead atoms. The van der Waals surface area contributed by atoms with Crippen molar-refractivity contribution in [2.24, 2.45) is 5.92 Å². The molecule has 0 saturated heterocycles. The third-order valence-corrected chi connectivity index (χ3v) is 5.85. The van der Waals surface area contributed by atoms with Gasteiger partial charge in [0.1, 0.15) is 10.2 Å². The van der Waals surface area contributed by atoms with Gasteiger partial charge in [0.2, 0.25) is 0 Å². The van der Waals surface area contributed by atoms with E-state index in [1.807, 2.05) is 6.92 Å². The van der Waals surface area contributed by atoms with E-state index in [4.69, 9.17) is 16.3 Å². The van der Waals surface area contributed by atoms with Gasteiger partial charge >= 0.3 is 5.97 Å². The molecule has 1 aliphatic carbocycles. The number of thiophene rings is 1. The molecule has 1 amide bonds. The lowest BCUT2D eigenvalue weighted by Crippen LogP contribution is -2.17. The van der Waals surface area contributed by atoms with Crippen molar-refractivity contribution < 1.29 is 14.3 Å². The molecule has 1 unspecified atom stereocenters. The molecule has 1 aliphatic rings. The number of nitrogens with one attached hydrogen (secondary N) is 1. The quantitative estimate of drug-likeness (QED) is 0.589. The second kappa shape index (κ2) is 8.18. The summed E-state index contributed by atoms with van der Waals surface area (Å²) in [6.07, 6.45) is 5.05. The van der Waals surface area contributed by atoms with Crippen LogP contribution >= 0.6 is 22.9 Å². The van der Waals surface area contributed by atoms with E-state index < -0.39 is 0 Å². The van der Waals surface area contributed by atoms with Crippen molar-refractivity contribution in [1.82, 2.24) is 4.98 Å². The SMILES string of the molecule is CCCOC(=O)c1c(NC(=O)c2cccnc2Cl)sc2c1CCC(C)C2. The number of hydrogen-bond donors (Lipinski definition) is 1. The maximum Gasteiger partial charge on any atom is 0.341 e. The number of hydrogen-bond acceptors (Lipinski definition) is 5. The van der Waals surface area contributed by atoms with Gasteiger partial charge in [0.15, 0.2) is 0 Å². The number of carbonyl (C=O) groups excluding carboxylic acids is 2. The Morgan fingerprint density at radius 1 is 1.46 bits per heavy atom. The standard InChI is InChI=1S/C19H21ClN2O3S/c1-3-9-25-19(24)15-12-7-6-11(2)10-14(12)26-18(15)22-17(23)13-5-4-8-21-16(13)20/h4-5,8,11H,3,6-7,9-10H2,1-2H3,(H,22,23). The van der Waals surface area contributed by atoms with E-state index in [0.29, 0.717) is 23.1 Å². The van der Waals surface area contributed by atoms with Gasteiger partial charge in [0.05, 0.1) is 17.7 Å². The molecule has 0 saturated carbocycles. The van der Waals surface area contributed by atoms with E-state index in [-0.39, 0.29) is 22.6 Å². The van der Waals surface area contributed by atoms with Crippen LogP contribution in [0.1, 0.15) is 57.8 Å². The van der Waals surface area contributed by atoms with Crippen molar-refractivity contribution in [1.29, 1.82) is 0 Å². The lowest BCUT2D eigenvalue weighted by molar-refractivity contribution is 0.0505. The third-order valence-electron chi connectivity index (χ3n) is 4.38. The molecular formula is C19H21ClN2O3S. The predicted molar refractivity (Wildman–Crippen MR) is 103 cm³/mol. The fraction of sp³-hybridized carbons (Fsp3) is 0.421. The van der Waals surface area contributed by atoms with Gasteiger partial charge < -0.3 is 10.1 Å². The first-order chi connectivity index (χ1) is 12.5. The molecule has 0 radical (unpaired) electrons. The number of rotatable bonds is 5. The van der Waals surface area contributed by atoms with E-state index in [1.54, 1.807) is 12.1 Å². The van der Waals surface area contributed by atoms with Crippen molar-refractivity contribution >= 4 is 39.8 Å². The maximum absolute atomic E-state index is 12.6. The van der Waals surface area contributed by atoms with Crippen LogP contribution in [0.5, 0.6) is 0 Å². The normalized spacial score (nSPS) is 16.0. The largest absolute Gasteiger partial charge is 0.462 e. The summed E-state index contributed by atoms with van der Waals surface area (Å²) in [7, 11) is 0. The third kappa shape index (κ3) is 3.91. The first kappa shape index (κ1) is 18.9. The lowest BCUT2D eigenvalue weighted by atomic mass is 9.88. The molecule has 2 aromatic rings. The fourth-order valence-corrected chi connectivity index (χ4v) is 4.65. The number of ether oxygens (including phenoxy) is 1. The molecule has 26 heavy (non-hydrogen) atoms. The lowest BCUT2D eigenvalue weighted by Gasteiger charge is -2.18. The summed E-state index contributed by atoms with van der Waals surface area (Å²) in [4.78, 5) is 30.3. The maximum atomic E-state index is 12.6. The summed E-state index contributed by atoms with van der Waals surface area (Å²) < 4.78 is 5.36. The second-order valence-electron chi connectivity index (χ2n) is 6.49. The molecule has 0 spiro atoms. The number of pyridine rings is 1. The molecule has 7 heteroatoms. The minimum atomic E-state index is -0.376. The summed E-state index contributed by atoms with van der Waals surface area (Å²) in [5.41, 5.74) is 1.79. The number of nitrogens with zero attached hydrogens (tertiary/aromatic N) is 1. The molecule has 0 fully saturated rings. The van der Waals surface area contributed by atoms with Crippen molar-refractivity contribution in [2.45, 2.75) is 39.5 Å². The number of carbonyl (C=O) groups is 2. The van der Waals surface area contributed by atoms with E-state index in [2.05, 4.69) is 17.2 Å². The van der Waals surface area contributed by atoms with Crippen LogP contribution in [0.15, 0.2) is 18.3 Å². The van der Waals surface area contributed by atoms with Crippen molar-refractivity contribution in [3.05, 3.63) is 45.1 Å². The Morgan fingerprint density at radius 3 is 3.00 bits per heavy atom. The van der Waals surface area contributed by atoms with Crippen LogP contribution in [-0.4, -0.2) is 23.5 Å². The Kier molecular flexibility index (Phi) is 5.94. The zero-order valence-electron chi connectivity index (χ0n) is 14.8. The van der Waals surface area contributed by atoms with E-state index in [1.165, 1.54) is 17.5 Å². The molecule has 138 valence electrons. The van der Waals surface area contributed by atoms with Crippen LogP contribution in [0.3, 0.4) is 0 Å². The average Bonchev–Trinajstić information content (AvgIpc) is 2.96. The molecule has 0 aliphatic heterocycles. The number of aromatic nitrogens is 1. The number of fused-ring (bicyclic) bond motifs is 1. The Bertz CT molecular complexity index is 834. The first-order valence-corrected chi connectivity index (χ1v) is 9.94. The Labute approximate surface area is 161 Å². The van der Waals surface area contributed by atoms with Gasteiger partial charge in [-0.1, -0.05) is 25.4 Å². The second-order valence-corrected chi connectivity index (χ2v) is 7.95. The molecule has 3 rings (SSSR count). The molecular weight excluding hydrogens is 372 g/mol. The van der Waals surface area contributed by atoms with E-state index in [0.717, 1.165) is 36.1 Å². The summed E-state index contributed by atoms with van der Waals surface area (Å²) >= 11 is 7.48. The highest BCUT2D eigenvalue weighted by Crippen LogP contribution is 2.40. The first-order valence-electron chi connectivity index (χ1n) is 8.74. The van der Waals surface area contributed by atoms with Crippen molar-refractivity contribution in [2.75, 3.05) is 11.9 Å². The summed E-state index contributed by atoms with van der Waals surface area (Å²) in [6, 6.07) is 3.26. The minimum Gasteiger partial charge on any atom is -0.462 e. The molecule has 5 nitrogen and oxygen atoms in total. The van der Waals surface area contributed by atoms with E-state index >= 15 is 0 Å². The highest BCUT2D eigenvalue weighted by atomic mass is 35.5. The van der Waals surface area contributed by atoms with Gasteiger partial charge in [0, 0.05) is 11.1 Å². The number of amides is 1. The Morgan fingerprint density at radius 2 is 2.27 bits per heavy atom. The van der Waals surface area contributed by atoms with Crippen LogP contribution in [0.25, 0.3) is 0 Å². The van der Waals surface area contributed by atoms with Crippen LogP contribution < -0.4 is 5.32 Å². The molecule has 0 aromatic carbocycles. The minimum absolute atomic E-state index is 0.134. The van der Waals surface area contributed by atoms with Gasteiger partial charge in [-0.3, -0.25) is 4.79 Å². The van der Waals surface area contributed by atoms with E-state index in [9.17, 15) is 9.59 Å². The highest BCUT2D eigenvalue weighted by molar-refractivity contribution is 7.17. The smallest absolute Gasteiger partial charge is 0.341 e. The number of anilines is 1. The van der Waals surface area contributed by atoms with Gasteiger partial charge in [-0.05, 0) is 49.3 Å².